The number of nitrogens with zero attached hydrogens (tertiary/aromatic N) is 1. The molecule has 1 atom stereocenters. The lowest BCUT2D eigenvalue weighted by molar-refractivity contribution is 0.173. The van der Waals surface area contributed by atoms with Crippen molar-refractivity contribution in [1.29, 1.82) is 0 Å². The molecular formula is C10H13N3O. The first kappa shape index (κ1) is 9.02. The van der Waals surface area contributed by atoms with Crippen LogP contribution in [0.25, 0.3) is 0 Å². The lowest BCUT2D eigenvalue weighted by Crippen LogP contribution is -2.14. The largest absolute Gasteiger partial charge is 0.392 e. The van der Waals surface area contributed by atoms with Gasteiger partial charge in [0.15, 0.2) is 0 Å². The van der Waals surface area contributed by atoms with Gasteiger partial charge in [0.25, 0.3) is 0 Å². The Morgan fingerprint density at radius 1 is 1.29 bits per heavy atom. The number of aliphatic hydroxyl groups is 1. The molecule has 0 radical (unpaired) electrons. The fourth-order valence-electron chi connectivity index (χ4n) is 1.47. The van der Waals surface area contributed by atoms with Crippen LogP contribution in [0.3, 0.4) is 0 Å². The number of nitrogens with one attached hydrogen (secondary N) is 2. The number of rotatable bonds is 4. The molecule has 2 rings (SSSR count). The molecule has 0 spiro atoms. The Morgan fingerprint density at radius 3 is 2.79 bits per heavy atom. The minimum absolute atomic E-state index is 0.367. The van der Waals surface area contributed by atoms with Crippen molar-refractivity contribution in [2.45, 2.75) is 18.9 Å². The van der Waals surface area contributed by atoms with E-state index in [1.165, 1.54) is 0 Å². The molecule has 0 saturated carbocycles. The molecule has 0 aliphatic rings. The molecule has 14 heavy (non-hydrogen) atoms. The van der Waals surface area contributed by atoms with Crippen LogP contribution in [0, 0.1) is 0 Å². The molecule has 3 N–H and O–H groups in total. The van der Waals surface area contributed by atoms with Gasteiger partial charge >= 0.3 is 0 Å². The Kier molecular flexibility index (Phi) is 2.65. The fraction of sp³-hybridized carbons (Fsp3) is 0.300. The number of H-pyrrole nitrogens is 2. The van der Waals surface area contributed by atoms with Crippen LogP contribution in [0.15, 0.2) is 30.6 Å². The maximum Gasteiger partial charge on any atom is 0.0649 e. The third-order valence-electron chi connectivity index (χ3n) is 2.13. The van der Waals surface area contributed by atoms with Crippen molar-refractivity contribution in [3.05, 3.63) is 42.0 Å². The van der Waals surface area contributed by atoms with Gasteiger partial charge in [-0.25, -0.2) is 0 Å². The number of aliphatic hydroxyl groups excluding tert-OH is 1. The highest BCUT2D eigenvalue weighted by molar-refractivity contribution is 5.06. The third kappa shape index (κ3) is 2.23. The van der Waals surface area contributed by atoms with Gasteiger partial charge in [-0.1, -0.05) is 0 Å². The summed E-state index contributed by atoms with van der Waals surface area (Å²) in [7, 11) is 0. The van der Waals surface area contributed by atoms with Crippen LogP contribution in [0.4, 0.5) is 0 Å². The normalized spacial score (nSPS) is 12.9. The lowest BCUT2D eigenvalue weighted by atomic mass is 10.1. The van der Waals surface area contributed by atoms with Crippen LogP contribution in [-0.4, -0.2) is 26.4 Å². The minimum atomic E-state index is -0.367. The van der Waals surface area contributed by atoms with E-state index in [4.69, 9.17) is 0 Å². The standard InChI is InChI=1S/C10H13N3O/c14-10(6-8-2-1-4-11-8)7-9-3-5-12-13-9/h1-5,10-11,14H,6-7H2,(H,12,13). The molecular weight excluding hydrogens is 178 g/mol. The quantitative estimate of drug-likeness (QED) is 0.671. The van der Waals surface area contributed by atoms with Gasteiger partial charge in [-0.05, 0) is 18.2 Å². The summed E-state index contributed by atoms with van der Waals surface area (Å²) in [6.45, 7) is 0. The average Bonchev–Trinajstić information content (AvgIpc) is 2.76. The van der Waals surface area contributed by atoms with E-state index in [1.54, 1.807) is 6.20 Å². The van der Waals surface area contributed by atoms with Crippen LogP contribution in [0.1, 0.15) is 11.4 Å². The van der Waals surface area contributed by atoms with Gasteiger partial charge < -0.3 is 10.1 Å². The molecule has 2 heterocycles. The summed E-state index contributed by atoms with van der Waals surface area (Å²) in [4.78, 5) is 3.06. The Hall–Kier alpha value is -1.55. The first-order valence-electron chi connectivity index (χ1n) is 4.63. The molecule has 2 aromatic heterocycles. The first-order valence-corrected chi connectivity index (χ1v) is 4.63. The summed E-state index contributed by atoms with van der Waals surface area (Å²) in [5, 5.41) is 16.4. The fourth-order valence-corrected chi connectivity index (χ4v) is 1.47. The summed E-state index contributed by atoms with van der Waals surface area (Å²) < 4.78 is 0. The molecule has 0 saturated heterocycles. The number of aromatic nitrogens is 3. The number of hydrogen-bond acceptors (Lipinski definition) is 2. The predicted molar refractivity (Wildman–Crippen MR) is 52.8 cm³/mol. The summed E-state index contributed by atoms with van der Waals surface area (Å²) in [6.07, 6.45) is 4.44. The van der Waals surface area contributed by atoms with Crippen LogP contribution in [0.2, 0.25) is 0 Å². The minimum Gasteiger partial charge on any atom is -0.392 e. The van der Waals surface area contributed by atoms with Gasteiger partial charge in [0.05, 0.1) is 6.10 Å². The van der Waals surface area contributed by atoms with E-state index >= 15 is 0 Å². The van der Waals surface area contributed by atoms with Crippen molar-refractivity contribution in [3.63, 3.8) is 0 Å². The molecule has 4 heteroatoms. The SMILES string of the molecule is OC(Cc1ccc[nH]1)Cc1ccn[nH]1. The Morgan fingerprint density at radius 2 is 2.14 bits per heavy atom. The second-order valence-electron chi connectivity index (χ2n) is 3.34. The van der Waals surface area contributed by atoms with Crippen LogP contribution >= 0.6 is 0 Å². The van der Waals surface area contributed by atoms with E-state index in [9.17, 15) is 5.11 Å². The lowest BCUT2D eigenvalue weighted by Gasteiger charge is -2.07. The van der Waals surface area contributed by atoms with E-state index in [-0.39, 0.29) is 6.10 Å². The topological polar surface area (TPSA) is 64.7 Å². The number of aromatic amines is 2. The van der Waals surface area contributed by atoms with E-state index in [2.05, 4.69) is 15.2 Å². The van der Waals surface area contributed by atoms with Crippen molar-refractivity contribution in [2.75, 3.05) is 0 Å². The molecule has 0 fully saturated rings. The Labute approximate surface area is 82.0 Å². The molecule has 0 bridgehead atoms. The summed E-state index contributed by atoms with van der Waals surface area (Å²) in [6, 6.07) is 5.77. The second-order valence-corrected chi connectivity index (χ2v) is 3.34. The highest BCUT2D eigenvalue weighted by Gasteiger charge is 2.07. The summed E-state index contributed by atoms with van der Waals surface area (Å²) in [5.74, 6) is 0. The van der Waals surface area contributed by atoms with Gasteiger partial charge in [-0.2, -0.15) is 5.10 Å². The van der Waals surface area contributed by atoms with Crippen LogP contribution in [-0.2, 0) is 12.8 Å². The van der Waals surface area contributed by atoms with Gasteiger partial charge in [-0.3, -0.25) is 5.10 Å². The molecule has 74 valence electrons. The second kappa shape index (κ2) is 4.11. The van der Waals surface area contributed by atoms with E-state index in [0.29, 0.717) is 12.8 Å². The van der Waals surface area contributed by atoms with E-state index < -0.39 is 0 Å². The Balaban J connectivity index is 1.88. The molecule has 0 aromatic carbocycles. The maximum absolute atomic E-state index is 9.73. The molecule has 0 aliphatic heterocycles. The van der Waals surface area contributed by atoms with Crippen molar-refractivity contribution in [1.82, 2.24) is 15.2 Å². The molecule has 0 aliphatic carbocycles. The summed E-state index contributed by atoms with van der Waals surface area (Å²) >= 11 is 0. The zero-order valence-electron chi connectivity index (χ0n) is 7.77. The van der Waals surface area contributed by atoms with Gasteiger partial charge in [0, 0.05) is 36.6 Å². The van der Waals surface area contributed by atoms with E-state index in [0.717, 1.165) is 11.4 Å². The van der Waals surface area contributed by atoms with Crippen molar-refractivity contribution < 1.29 is 5.11 Å². The van der Waals surface area contributed by atoms with E-state index in [1.807, 2.05) is 24.4 Å². The van der Waals surface area contributed by atoms with Crippen LogP contribution < -0.4 is 0 Å². The molecule has 2 aromatic rings. The van der Waals surface area contributed by atoms with Crippen molar-refractivity contribution in [2.24, 2.45) is 0 Å². The van der Waals surface area contributed by atoms with Gasteiger partial charge in [0.2, 0.25) is 0 Å². The Bertz CT molecular complexity index is 316. The molecule has 4 nitrogen and oxygen atoms in total. The van der Waals surface area contributed by atoms with Gasteiger partial charge in [-0.15, -0.1) is 0 Å². The monoisotopic (exact) mass is 191 g/mol. The smallest absolute Gasteiger partial charge is 0.0649 e. The van der Waals surface area contributed by atoms with Crippen LogP contribution in [0.5, 0.6) is 0 Å². The summed E-state index contributed by atoms with van der Waals surface area (Å²) in [5.41, 5.74) is 2.01. The highest BCUT2D eigenvalue weighted by Crippen LogP contribution is 2.05. The van der Waals surface area contributed by atoms with Crippen molar-refractivity contribution >= 4 is 0 Å². The first-order chi connectivity index (χ1) is 6.84. The predicted octanol–water partition coefficient (Wildman–Crippen LogP) is 0.884. The van der Waals surface area contributed by atoms with Crippen molar-refractivity contribution in [3.8, 4) is 0 Å². The maximum atomic E-state index is 9.73. The zero-order valence-corrected chi connectivity index (χ0v) is 7.77. The van der Waals surface area contributed by atoms with Gasteiger partial charge in [0.1, 0.15) is 0 Å². The molecule has 1 unspecified atom stereocenters. The third-order valence-corrected chi connectivity index (χ3v) is 2.13. The average molecular weight is 191 g/mol. The number of hydrogen-bond donors (Lipinski definition) is 3. The molecule has 0 amide bonds. The zero-order chi connectivity index (χ0) is 9.80. The highest BCUT2D eigenvalue weighted by atomic mass is 16.3.